The first-order chi connectivity index (χ1) is 13.5. The van der Waals surface area contributed by atoms with E-state index in [4.69, 9.17) is 4.99 Å². The summed E-state index contributed by atoms with van der Waals surface area (Å²) in [5, 5.41) is 10.7. The first-order valence-electron chi connectivity index (χ1n) is 10.2. The summed E-state index contributed by atoms with van der Waals surface area (Å²) in [4.78, 5) is 31.8. The third kappa shape index (κ3) is 3.01. The van der Waals surface area contributed by atoms with Crippen molar-refractivity contribution in [1.82, 2.24) is 9.55 Å². The van der Waals surface area contributed by atoms with Crippen LogP contribution in [0.1, 0.15) is 49.7 Å². The second-order valence-electron chi connectivity index (χ2n) is 8.97. The molecule has 0 amide bonds. The van der Waals surface area contributed by atoms with Crippen molar-refractivity contribution >= 4 is 6.21 Å². The van der Waals surface area contributed by atoms with Gasteiger partial charge in [0.1, 0.15) is 5.56 Å². The number of hydrogen-bond donors (Lipinski definition) is 2. The monoisotopic (exact) mass is 379 g/mol. The van der Waals surface area contributed by atoms with E-state index in [9.17, 15) is 14.7 Å². The highest BCUT2D eigenvalue weighted by molar-refractivity contribution is 5.82. The fourth-order valence-electron chi connectivity index (χ4n) is 6.03. The predicted molar refractivity (Wildman–Crippen MR) is 107 cm³/mol. The summed E-state index contributed by atoms with van der Waals surface area (Å²) < 4.78 is 1.19. The van der Waals surface area contributed by atoms with E-state index >= 15 is 0 Å². The Hall–Kier alpha value is -2.63. The SMILES string of the molecule is O=c1[nH]c(=O)n(Cc2ccccc2)c(O)c1C=NC12CC3CC(CC(C3)C1)C2. The molecule has 4 aliphatic carbocycles. The Balaban J connectivity index is 1.48. The molecular formula is C22H25N3O3. The summed E-state index contributed by atoms with van der Waals surface area (Å²) in [6.45, 7) is 0.195. The number of rotatable bonds is 4. The first-order valence-corrected chi connectivity index (χ1v) is 10.2. The molecule has 1 heterocycles. The summed E-state index contributed by atoms with van der Waals surface area (Å²) in [6.07, 6.45) is 8.73. The lowest BCUT2D eigenvalue weighted by molar-refractivity contribution is 0.00194. The van der Waals surface area contributed by atoms with Crippen LogP contribution in [0, 0.1) is 17.8 Å². The van der Waals surface area contributed by atoms with E-state index in [-0.39, 0.29) is 23.5 Å². The van der Waals surface area contributed by atoms with Crippen molar-refractivity contribution in [2.24, 2.45) is 22.7 Å². The minimum atomic E-state index is -0.613. The van der Waals surface area contributed by atoms with Gasteiger partial charge in [-0.1, -0.05) is 30.3 Å². The molecule has 4 bridgehead atoms. The third-order valence-electron chi connectivity index (χ3n) is 6.86. The number of H-pyrrole nitrogens is 1. The van der Waals surface area contributed by atoms with Gasteiger partial charge in [-0.05, 0) is 61.8 Å². The van der Waals surface area contributed by atoms with E-state index in [1.165, 1.54) is 30.0 Å². The molecular weight excluding hydrogens is 354 g/mol. The number of aliphatic imine (C=N–C) groups is 1. The molecule has 28 heavy (non-hydrogen) atoms. The molecule has 0 spiro atoms. The number of hydrogen-bond acceptors (Lipinski definition) is 4. The maximum Gasteiger partial charge on any atom is 0.331 e. The van der Waals surface area contributed by atoms with Gasteiger partial charge in [0, 0.05) is 6.21 Å². The molecule has 0 unspecified atom stereocenters. The van der Waals surface area contributed by atoms with Crippen molar-refractivity contribution in [2.75, 3.05) is 0 Å². The van der Waals surface area contributed by atoms with Crippen LogP contribution in [0.4, 0.5) is 0 Å². The van der Waals surface area contributed by atoms with Crippen molar-refractivity contribution in [3.05, 3.63) is 62.3 Å². The molecule has 0 saturated heterocycles. The fourth-order valence-corrected chi connectivity index (χ4v) is 6.03. The molecule has 146 valence electrons. The van der Waals surface area contributed by atoms with Crippen molar-refractivity contribution < 1.29 is 5.11 Å². The molecule has 4 fully saturated rings. The summed E-state index contributed by atoms with van der Waals surface area (Å²) in [5.41, 5.74) is -0.339. The Morgan fingerprint density at radius 1 is 1.07 bits per heavy atom. The fraction of sp³-hybridized carbons (Fsp3) is 0.500. The summed E-state index contributed by atoms with van der Waals surface area (Å²) >= 11 is 0. The Morgan fingerprint density at radius 3 is 2.29 bits per heavy atom. The second-order valence-corrected chi connectivity index (χ2v) is 8.97. The molecule has 6 rings (SSSR count). The van der Waals surface area contributed by atoms with Crippen molar-refractivity contribution in [1.29, 1.82) is 0 Å². The van der Waals surface area contributed by atoms with Gasteiger partial charge in [-0.25, -0.2) is 4.79 Å². The van der Waals surface area contributed by atoms with E-state index in [1.807, 2.05) is 30.3 Å². The minimum absolute atomic E-state index is 0.0753. The van der Waals surface area contributed by atoms with E-state index in [2.05, 4.69) is 4.98 Å². The topological polar surface area (TPSA) is 87.5 Å². The van der Waals surface area contributed by atoms with Crippen LogP contribution in [-0.4, -0.2) is 26.4 Å². The highest BCUT2D eigenvalue weighted by Crippen LogP contribution is 2.57. The smallest absolute Gasteiger partial charge is 0.331 e. The van der Waals surface area contributed by atoms with Gasteiger partial charge in [-0.3, -0.25) is 19.3 Å². The average Bonchev–Trinajstić information content (AvgIpc) is 2.64. The molecule has 6 nitrogen and oxygen atoms in total. The molecule has 0 radical (unpaired) electrons. The number of nitrogens with one attached hydrogen (secondary N) is 1. The molecule has 1 aromatic carbocycles. The number of benzene rings is 1. The Morgan fingerprint density at radius 2 is 1.68 bits per heavy atom. The van der Waals surface area contributed by atoms with Crippen LogP contribution in [-0.2, 0) is 6.54 Å². The summed E-state index contributed by atoms with van der Waals surface area (Å²) in [5.74, 6) is 1.94. The van der Waals surface area contributed by atoms with E-state index in [0.29, 0.717) is 0 Å². The van der Waals surface area contributed by atoms with Crippen molar-refractivity contribution in [3.8, 4) is 5.88 Å². The molecule has 0 aliphatic heterocycles. The van der Waals surface area contributed by atoms with Crippen LogP contribution in [0.2, 0.25) is 0 Å². The lowest BCUT2D eigenvalue weighted by Crippen LogP contribution is -2.49. The summed E-state index contributed by atoms with van der Waals surface area (Å²) in [6, 6.07) is 9.39. The number of aromatic amines is 1. The van der Waals surface area contributed by atoms with Gasteiger partial charge in [-0.15, -0.1) is 0 Å². The van der Waals surface area contributed by atoms with E-state index in [0.717, 1.165) is 42.6 Å². The molecule has 2 N–H and O–H groups in total. The largest absolute Gasteiger partial charge is 0.494 e. The number of aromatic nitrogens is 2. The Labute approximate surface area is 163 Å². The average molecular weight is 379 g/mol. The van der Waals surface area contributed by atoms with Gasteiger partial charge in [0.2, 0.25) is 5.88 Å². The lowest BCUT2D eigenvalue weighted by Gasteiger charge is -2.54. The Bertz CT molecular complexity index is 1000. The third-order valence-corrected chi connectivity index (χ3v) is 6.86. The normalized spacial score (nSPS) is 30.9. The van der Waals surface area contributed by atoms with E-state index in [1.54, 1.807) is 0 Å². The molecule has 1 aromatic heterocycles. The number of nitrogens with zero attached hydrogens (tertiary/aromatic N) is 2. The molecule has 0 atom stereocenters. The van der Waals surface area contributed by atoms with Crippen LogP contribution in [0.3, 0.4) is 0 Å². The zero-order valence-corrected chi connectivity index (χ0v) is 15.8. The van der Waals surface area contributed by atoms with Crippen molar-refractivity contribution in [3.63, 3.8) is 0 Å². The molecule has 4 aliphatic rings. The zero-order chi connectivity index (χ0) is 19.3. The molecule has 6 heteroatoms. The highest BCUT2D eigenvalue weighted by Gasteiger charge is 2.50. The van der Waals surface area contributed by atoms with Crippen LogP contribution in [0.5, 0.6) is 5.88 Å². The van der Waals surface area contributed by atoms with Crippen LogP contribution >= 0.6 is 0 Å². The summed E-state index contributed by atoms with van der Waals surface area (Å²) in [7, 11) is 0. The van der Waals surface area contributed by atoms with Gasteiger partial charge in [0.05, 0.1) is 12.1 Å². The lowest BCUT2D eigenvalue weighted by atomic mass is 9.53. The second kappa shape index (κ2) is 6.47. The first kappa shape index (κ1) is 17.5. The van der Waals surface area contributed by atoms with Gasteiger partial charge in [0.15, 0.2) is 0 Å². The zero-order valence-electron chi connectivity index (χ0n) is 15.8. The number of aromatic hydroxyl groups is 1. The van der Waals surface area contributed by atoms with E-state index < -0.39 is 11.2 Å². The van der Waals surface area contributed by atoms with Crippen LogP contribution in [0.15, 0.2) is 44.9 Å². The van der Waals surface area contributed by atoms with Crippen LogP contribution < -0.4 is 11.2 Å². The maximum absolute atomic E-state index is 12.4. The quantitative estimate of drug-likeness (QED) is 0.801. The maximum atomic E-state index is 12.4. The minimum Gasteiger partial charge on any atom is -0.494 e. The molecule has 4 saturated carbocycles. The highest BCUT2D eigenvalue weighted by atomic mass is 16.3. The standard InChI is InChI=1S/C22H25N3O3/c26-19-18(12-23-22-9-15-6-16(10-22)8-17(7-15)11-22)20(27)25(21(28)24-19)13-14-4-2-1-3-5-14/h1-5,12,15-17,27H,6-11,13H2,(H,24,26,28). The van der Waals surface area contributed by atoms with Crippen molar-refractivity contribution in [2.45, 2.75) is 50.6 Å². The predicted octanol–water partition coefficient (Wildman–Crippen LogP) is 2.68. The molecule has 2 aromatic rings. The Kier molecular flexibility index (Phi) is 4.03. The van der Waals surface area contributed by atoms with Gasteiger partial charge in [0.25, 0.3) is 5.56 Å². The van der Waals surface area contributed by atoms with Gasteiger partial charge in [-0.2, -0.15) is 0 Å². The van der Waals surface area contributed by atoms with Crippen LogP contribution in [0.25, 0.3) is 0 Å². The van der Waals surface area contributed by atoms with Gasteiger partial charge >= 0.3 is 5.69 Å². The van der Waals surface area contributed by atoms with Gasteiger partial charge < -0.3 is 5.11 Å².